The first-order valence-electron chi connectivity index (χ1n) is 6.49. The van der Waals surface area contributed by atoms with E-state index in [9.17, 15) is 4.79 Å². The molecule has 0 aliphatic rings. The first-order chi connectivity index (χ1) is 9.61. The van der Waals surface area contributed by atoms with Gasteiger partial charge in [0.1, 0.15) is 6.04 Å². The molecule has 2 rings (SSSR count). The molecule has 1 aromatic carbocycles. The fraction of sp³-hybridized carbons (Fsp3) is 0.357. The van der Waals surface area contributed by atoms with Gasteiger partial charge in [-0.2, -0.15) is 9.36 Å². The molecule has 0 aliphatic carbocycles. The third-order valence-corrected chi connectivity index (χ3v) is 3.58. The predicted octanol–water partition coefficient (Wildman–Crippen LogP) is 2.39. The molecule has 0 saturated carbocycles. The van der Waals surface area contributed by atoms with Crippen molar-refractivity contribution in [2.24, 2.45) is 5.92 Å². The van der Waals surface area contributed by atoms with E-state index in [0.29, 0.717) is 11.0 Å². The van der Waals surface area contributed by atoms with Crippen molar-refractivity contribution >= 4 is 22.6 Å². The van der Waals surface area contributed by atoms with Gasteiger partial charge in [0.25, 0.3) is 0 Å². The number of anilines is 1. The van der Waals surface area contributed by atoms with Crippen LogP contribution in [0.5, 0.6) is 0 Å². The summed E-state index contributed by atoms with van der Waals surface area (Å²) in [6, 6.07) is 9.47. The lowest BCUT2D eigenvalue weighted by Gasteiger charge is -2.19. The molecule has 2 N–H and O–H groups in total. The lowest BCUT2D eigenvalue weighted by atomic mass is 10.0. The summed E-state index contributed by atoms with van der Waals surface area (Å²) in [5.74, 6) is 0.799. The number of carbonyl (C=O) groups is 1. The second-order valence-electron chi connectivity index (χ2n) is 4.77. The zero-order valence-corrected chi connectivity index (χ0v) is 12.6. The highest BCUT2D eigenvalue weighted by Gasteiger charge is 2.22. The number of hydrogen-bond donors (Lipinski definition) is 2. The molecule has 1 atom stereocenters. The third-order valence-electron chi connectivity index (χ3n) is 2.93. The summed E-state index contributed by atoms with van der Waals surface area (Å²) in [5.41, 5.74) is 0.970. The largest absolute Gasteiger partial charge is 0.357 e. The Bertz CT molecular complexity index is 568. The zero-order valence-electron chi connectivity index (χ0n) is 11.8. The smallest absolute Gasteiger partial charge is 0.242 e. The Kier molecular flexibility index (Phi) is 4.68. The molecule has 2 aromatic rings. The fourth-order valence-corrected chi connectivity index (χ4v) is 2.44. The summed E-state index contributed by atoms with van der Waals surface area (Å²) in [6.45, 7) is 3.98. The average molecular weight is 290 g/mol. The molecule has 0 aliphatic heterocycles. The maximum Gasteiger partial charge on any atom is 0.242 e. The lowest BCUT2D eigenvalue weighted by molar-refractivity contribution is -0.122. The summed E-state index contributed by atoms with van der Waals surface area (Å²) in [7, 11) is 1.63. The van der Waals surface area contributed by atoms with Gasteiger partial charge in [0.05, 0.1) is 0 Å². The predicted molar refractivity (Wildman–Crippen MR) is 81.7 cm³/mol. The first kappa shape index (κ1) is 14.5. The summed E-state index contributed by atoms with van der Waals surface area (Å²) in [6.07, 6.45) is 0. The number of nitrogens with one attached hydrogen (secondary N) is 2. The van der Waals surface area contributed by atoms with Crippen LogP contribution in [0.4, 0.5) is 5.13 Å². The molecule has 5 nitrogen and oxygen atoms in total. The van der Waals surface area contributed by atoms with Crippen molar-refractivity contribution in [3.05, 3.63) is 30.3 Å². The topological polar surface area (TPSA) is 66.9 Å². The van der Waals surface area contributed by atoms with Crippen LogP contribution in [0.1, 0.15) is 13.8 Å². The van der Waals surface area contributed by atoms with Gasteiger partial charge < -0.3 is 10.6 Å². The molecule has 6 heteroatoms. The molecule has 0 bridgehead atoms. The van der Waals surface area contributed by atoms with Crippen molar-refractivity contribution in [3.63, 3.8) is 0 Å². The van der Waals surface area contributed by atoms with Gasteiger partial charge in [0, 0.05) is 24.1 Å². The van der Waals surface area contributed by atoms with Crippen molar-refractivity contribution in [1.82, 2.24) is 14.7 Å². The van der Waals surface area contributed by atoms with Crippen LogP contribution in [0.15, 0.2) is 30.3 Å². The van der Waals surface area contributed by atoms with Crippen LogP contribution in [0, 0.1) is 5.92 Å². The molecule has 1 unspecified atom stereocenters. The highest BCUT2D eigenvalue weighted by molar-refractivity contribution is 7.09. The second-order valence-corrected chi connectivity index (χ2v) is 5.52. The Hall–Kier alpha value is -1.95. The van der Waals surface area contributed by atoms with E-state index in [0.717, 1.165) is 5.56 Å². The van der Waals surface area contributed by atoms with Crippen molar-refractivity contribution in [1.29, 1.82) is 0 Å². The van der Waals surface area contributed by atoms with E-state index >= 15 is 0 Å². The number of likely N-dealkylation sites (N-methyl/N-ethyl adjacent to an activating group) is 1. The van der Waals surface area contributed by atoms with Gasteiger partial charge >= 0.3 is 0 Å². The SMILES string of the molecule is CNC(=O)C(Nc1nc(-c2ccccc2)ns1)C(C)C. The van der Waals surface area contributed by atoms with Gasteiger partial charge in [-0.25, -0.2) is 0 Å². The minimum absolute atomic E-state index is 0.0449. The number of aromatic nitrogens is 2. The first-order valence-corrected chi connectivity index (χ1v) is 7.26. The zero-order chi connectivity index (χ0) is 14.5. The number of rotatable bonds is 5. The van der Waals surface area contributed by atoms with Crippen LogP contribution in [0.25, 0.3) is 11.4 Å². The van der Waals surface area contributed by atoms with Crippen LogP contribution in [-0.4, -0.2) is 28.4 Å². The van der Waals surface area contributed by atoms with Crippen LogP contribution in [-0.2, 0) is 4.79 Å². The highest BCUT2D eigenvalue weighted by atomic mass is 32.1. The minimum atomic E-state index is -0.309. The van der Waals surface area contributed by atoms with E-state index in [1.54, 1.807) is 7.05 Å². The Morgan fingerprint density at radius 1 is 1.25 bits per heavy atom. The van der Waals surface area contributed by atoms with Gasteiger partial charge in [0.2, 0.25) is 11.0 Å². The maximum atomic E-state index is 11.8. The molecule has 0 radical (unpaired) electrons. The van der Waals surface area contributed by atoms with Crippen molar-refractivity contribution in [3.8, 4) is 11.4 Å². The number of amides is 1. The Morgan fingerprint density at radius 2 is 1.95 bits per heavy atom. The van der Waals surface area contributed by atoms with E-state index in [4.69, 9.17) is 0 Å². The Morgan fingerprint density at radius 3 is 2.55 bits per heavy atom. The second kappa shape index (κ2) is 6.47. The Balaban J connectivity index is 2.15. The molecular formula is C14H18N4OS. The minimum Gasteiger partial charge on any atom is -0.357 e. The van der Waals surface area contributed by atoms with Gasteiger partial charge in [-0.1, -0.05) is 44.2 Å². The van der Waals surface area contributed by atoms with Gasteiger partial charge in [-0.3, -0.25) is 4.79 Å². The van der Waals surface area contributed by atoms with Crippen LogP contribution in [0.2, 0.25) is 0 Å². The van der Waals surface area contributed by atoms with Gasteiger partial charge in [-0.05, 0) is 5.92 Å². The monoisotopic (exact) mass is 290 g/mol. The molecule has 1 amide bonds. The fourth-order valence-electron chi connectivity index (χ4n) is 1.81. The maximum absolute atomic E-state index is 11.8. The number of nitrogens with zero attached hydrogens (tertiary/aromatic N) is 2. The van der Waals surface area contributed by atoms with E-state index in [2.05, 4.69) is 20.0 Å². The van der Waals surface area contributed by atoms with E-state index in [1.165, 1.54) is 11.5 Å². The van der Waals surface area contributed by atoms with Gasteiger partial charge in [0.15, 0.2) is 5.82 Å². The molecule has 1 aromatic heterocycles. The van der Waals surface area contributed by atoms with E-state index < -0.39 is 0 Å². The van der Waals surface area contributed by atoms with Crippen molar-refractivity contribution in [2.75, 3.05) is 12.4 Å². The molecule has 0 spiro atoms. The highest BCUT2D eigenvalue weighted by Crippen LogP contribution is 2.22. The molecule has 20 heavy (non-hydrogen) atoms. The van der Waals surface area contributed by atoms with E-state index in [1.807, 2.05) is 44.2 Å². The summed E-state index contributed by atoms with van der Waals surface area (Å²) < 4.78 is 4.32. The average Bonchev–Trinajstić information content (AvgIpc) is 2.93. The number of carbonyl (C=O) groups excluding carboxylic acids is 1. The van der Waals surface area contributed by atoms with Crippen molar-refractivity contribution < 1.29 is 4.79 Å². The molecule has 0 saturated heterocycles. The van der Waals surface area contributed by atoms with Crippen LogP contribution < -0.4 is 10.6 Å². The van der Waals surface area contributed by atoms with Crippen LogP contribution >= 0.6 is 11.5 Å². The van der Waals surface area contributed by atoms with Crippen LogP contribution in [0.3, 0.4) is 0 Å². The number of hydrogen-bond acceptors (Lipinski definition) is 5. The van der Waals surface area contributed by atoms with Crippen molar-refractivity contribution in [2.45, 2.75) is 19.9 Å². The molecule has 0 fully saturated rings. The quantitative estimate of drug-likeness (QED) is 0.887. The summed E-state index contributed by atoms with van der Waals surface area (Å²) in [5, 5.41) is 6.47. The van der Waals surface area contributed by atoms with E-state index in [-0.39, 0.29) is 17.9 Å². The Labute approximate surface area is 122 Å². The summed E-state index contributed by atoms with van der Waals surface area (Å²) >= 11 is 1.27. The van der Waals surface area contributed by atoms with Gasteiger partial charge in [-0.15, -0.1) is 0 Å². The normalized spacial score (nSPS) is 12.2. The summed E-state index contributed by atoms with van der Waals surface area (Å²) in [4.78, 5) is 16.3. The molecular weight excluding hydrogens is 272 g/mol. The molecule has 106 valence electrons. The lowest BCUT2D eigenvalue weighted by Crippen LogP contribution is -2.41. The number of benzene rings is 1. The standard InChI is InChI=1S/C14H18N4OS/c1-9(2)11(13(19)15-3)16-14-17-12(18-20-14)10-7-5-4-6-8-10/h4-9,11H,1-3H3,(H,15,19)(H,16,17,18). The molecule has 1 heterocycles. The third kappa shape index (κ3) is 3.33.